The van der Waals surface area contributed by atoms with E-state index in [4.69, 9.17) is 20.4 Å². The minimum absolute atomic E-state index is 0.373. The van der Waals surface area contributed by atoms with Crippen LogP contribution in [-0.4, -0.2) is 38.7 Å². The number of rotatable bonds is 5. The van der Waals surface area contributed by atoms with Gasteiger partial charge in [0.25, 0.3) is 0 Å². The van der Waals surface area contributed by atoms with Crippen LogP contribution in [-0.2, 0) is 0 Å². The summed E-state index contributed by atoms with van der Waals surface area (Å²) in [6.07, 6.45) is 1.34. The van der Waals surface area contributed by atoms with Gasteiger partial charge >= 0.3 is 11.9 Å². The van der Waals surface area contributed by atoms with Crippen LogP contribution in [0.1, 0.15) is 47.3 Å². The van der Waals surface area contributed by atoms with Crippen molar-refractivity contribution in [2.45, 2.75) is 32.5 Å². The normalized spacial score (nSPS) is 9.78. The predicted octanol–water partition coefficient (Wildman–Crippen LogP) is 1.16. The Labute approximate surface area is 103 Å². The third kappa shape index (κ3) is 6.66. The number of unbranched alkanes of at least 4 members (excludes halogenated alkanes) is 1. The number of carbonyl (C=O) groups is 2. The molecule has 0 aliphatic heterocycles. The lowest BCUT2D eigenvalue weighted by Crippen LogP contribution is -2.02. The first kappa shape index (κ1) is 16.1. The van der Waals surface area contributed by atoms with Gasteiger partial charge in [-0.15, -0.1) is 0 Å². The van der Waals surface area contributed by atoms with Crippen LogP contribution in [0.2, 0.25) is 0 Å². The van der Waals surface area contributed by atoms with Crippen molar-refractivity contribution in [2.24, 2.45) is 0 Å². The lowest BCUT2D eigenvalue weighted by molar-refractivity contribution is -0.0463. The minimum Gasteiger partial charge on any atom is -0.475 e. The minimum atomic E-state index is -1.28. The molecular weight excluding hydrogens is 244 g/mol. The number of aliphatic hydroxyl groups is 2. The highest BCUT2D eigenvalue weighted by molar-refractivity contribution is 5.88. The summed E-state index contributed by atoms with van der Waals surface area (Å²) in [5.74, 6) is -3.31. The summed E-state index contributed by atoms with van der Waals surface area (Å²) < 4.78 is 4.41. The van der Waals surface area contributed by atoms with Crippen molar-refractivity contribution in [3.8, 4) is 0 Å². The van der Waals surface area contributed by atoms with Gasteiger partial charge in [0.2, 0.25) is 11.5 Å². The van der Waals surface area contributed by atoms with Gasteiger partial charge in [-0.05, 0) is 25.0 Å². The first-order chi connectivity index (χ1) is 8.38. The number of hydrogen-bond donors (Lipinski definition) is 4. The van der Waals surface area contributed by atoms with Crippen molar-refractivity contribution in [3.63, 3.8) is 0 Å². The molecule has 1 rings (SSSR count). The van der Waals surface area contributed by atoms with Gasteiger partial charge in [0.05, 0.1) is 0 Å². The molecule has 0 atom stereocenters. The lowest BCUT2D eigenvalue weighted by Gasteiger charge is -1.97. The SMILES string of the molecule is CCCCC(O)O.O=C(O)c1ccc(C(=O)O)o1. The van der Waals surface area contributed by atoms with E-state index < -0.39 is 18.2 Å². The number of carboxylic acid groups (broad SMARTS) is 2. The Bertz CT molecular complexity index is 352. The molecule has 7 heteroatoms. The number of furan rings is 1. The summed E-state index contributed by atoms with van der Waals surface area (Å²) in [4.78, 5) is 20.3. The molecule has 102 valence electrons. The summed E-state index contributed by atoms with van der Waals surface area (Å²) >= 11 is 0. The topological polar surface area (TPSA) is 128 Å². The summed E-state index contributed by atoms with van der Waals surface area (Å²) in [6.45, 7) is 2.02. The summed E-state index contributed by atoms with van der Waals surface area (Å²) in [6, 6.07) is 2.18. The molecule has 1 aromatic rings. The quantitative estimate of drug-likeness (QED) is 0.585. The summed E-state index contributed by atoms with van der Waals surface area (Å²) in [5, 5.41) is 33.1. The zero-order valence-electron chi connectivity index (χ0n) is 9.87. The van der Waals surface area contributed by atoms with Crippen molar-refractivity contribution in [2.75, 3.05) is 0 Å². The molecule has 0 fully saturated rings. The molecule has 0 unspecified atom stereocenters. The smallest absolute Gasteiger partial charge is 0.371 e. The zero-order valence-corrected chi connectivity index (χ0v) is 9.87. The fraction of sp³-hybridized carbons (Fsp3) is 0.455. The highest BCUT2D eigenvalue weighted by Crippen LogP contribution is 2.06. The van der Waals surface area contributed by atoms with Gasteiger partial charge in [-0.1, -0.05) is 13.3 Å². The monoisotopic (exact) mass is 260 g/mol. The van der Waals surface area contributed by atoms with Crippen LogP contribution in [0.5, 0.6) is 0 Å². The predicted molar refractivity (Wildman–Crippen MR) is 60.4 cm³/mol. The largest absolute Gasteiger partial charge is 0.475 e. The van der Waals surface area contributed by atoms with E-state index in [1.54, 1.807) is 0 Å². The van der Waals surface area contributed by atoms with Gasteiger partial charge in [-0.2, -0.15) is 0 Å². The van der Waals surface area contributed by atoms with Gasteiger partial charge < -0.3 is 24.8 Å². The lowest BCUT2D eigenvalue weighted by atomic mass is 10.2. The van der Waals surface area contributed by atoms with E-state index in [-0.39, 0.29) is 11.5 Å². The Balaban J connectivity index is 0.000000360. The van der Waals surface area contributed by atoms with E-state index in [0.29, 0.717) is 6.42 Å². The van der Waals surface area contributed by atoms with Crippen molar-refractivity contribution >= 4 is 11.9 Å². The molecule has 0 spiro atoms. The average Bonchev–Trinajstić information content (AvgIpc) is 2.76. The number of carboxylic acids is 2. The Morgan fingerprint density at radius 3 is 1.78 bits per heavy atom. The van der Waals surface area contributed by atoms with Crippen LogP contribution in [0.25, 0.3) is 0 Å². The fourth-order valence-corrected chi connectivity index (χ4v) is 0.954. The molecule has 0 saturated heterocycles. The average molecular weight is 260 g/mol. The molecule has 4 N–H and O–H groups in total. The second kappa shape index (κ2) is 8.26. The van der Waals surface area contributed by atoms with E-state index in [2.05, 4.69) is 4.42 Å². The van der Waals surface area contributed by atoms with E-state index in [1.165, 1.54) is 0 Å². The molecule has 7 nitrogen and oxygen atoms in total. The molecule has 0 aliphatic rings. The molecular formula is C11H16O7. The van der Waals surface area contributed by atoms with Gasteiger partial charge in [-0.3, -0.25) is 0 Å². The van der Waals surface area contributed by atoms with Crippen molar-refractivity contribution < 1.29 is 34.4 Å². The van der Waals surface area contributed by atoms with Crippen molar-refractivity contribution in [1.29, 1.82) is 0 Å². The zero-order chi connectivity index (χ0) is 14.1. The van der Waals surface area contributed by atoms with Crippen molar-refractivity contribution in [1.82, 2.24) is 0 Å². The molecule has 1 aromatic heterocycles. The maximum absolute atomic E-state index is 10.2. The standard InChI is InChI=1S/C6H4O5.C5H12O2/c7-5(8)3-1-2-4(11-3)6(9)10;1-2-3-4-5(6)7/h1-2H,(H,7,8)(H,9,10);5-7H,2-4H2,1H3. The second-order valence-corrected chi connectivity index (χ2v) is 3.40. The van der Waals surface area contributed by atoms with Gasteiger partial charge in [0.15, 0.2) is 6.29 Å². The first-order valence-corrected chi connectivity index (χ1v) is 5.31. The number of hydrogen-bond acceptors (Lipinski definition) is 5. The van der Waals surface area contributed by atoms with E-state index in [9.17, 15) is 9.59 Å². The van der Waals surface area contributed by atoms with Gasteiger partial charge in [0.1, 0.15) is 0 Å². The molecule has 0 saturated carbocycles. The Morgan fingerprint density at radius 2 is 1.61 bits per heavy atom. The van der Waals surface area contributed by atoms with E-state index in [1.807, 2.05) is 6.92 Å². The third-order valence-electron chi connectivity index (χ3n) is 1.84. The Hall–Kier alpha value is -1.86. The van der Waals surface area contributed by atoms with Crippen LogP contribution in [0.3, 0.4) is 0 Å². The van der Waals surface area contributed by atoms with Crippen LogP contribution in [0, 0.1) is 0 Å². The molecule has 0 amide bonds. The van der Waals surface area contributed by atoms with Gasteiger partial charge in [-0.25, -0.2) is 9.59 Å². The number of aliphatic hydroxyl groups excluding tert-OH is 1. The molecule has 1 heterocycles. The van der Waals surface area contributed by atoms with Gasteiger partial charge in [0, 0.05) is 0 Å². The highest BCUT2D eigenvalue weighted by Gasteiger charge is 2.12. The fourth-order valence-electron chi connectivity index (χ4n) is 0.954. The number of aromatic carboxylic acids is 2. The Morgan fingerprint density at radius 1 is 1.17 bits per heavy atom. The van der Waals surface area contributed by atoms with Crippen molar-refractivity contribution in [3.05, 3.63) is 23.7 Å². The van der Waals surface area contributed by atoms with E-state index >= 15 is 0 Å². The molecule has 0 bridgehead atoms. The summed E-state index contributed by atoms with van der Waals surface area (Å²) in [5.41, 5.74) is 0. The maximum atomic E-state index is 10.2. The molecule has 0 radical (unpaired) electrons. The van der Waals surface area contributed by atoms with Crippen LogP contribution < -0.4 is 0 Å². The molecule has 18 heavy (non-hydrogen) atoms. The Kier molecular flexibility index (Phi) is 7.41. The molecule has 0 aliphatic carbocycles. The van der Waals surface area contributed by atoms with Crippen LogP contribution in [0.4, 0.5) is 0 Å². The third-order valence-corrected chi connectivity index (χ3v) is 1.84. The maximum Gasteiger partial charge on any atom is 0.371 e. The first-order valence-electron chi connectivity index (χ1n) is 5.31. The summed E-state index contributed by atoms with van der Waals surface area (Å²) in [7, 11) is 0. The van der Waals surface area contributed by atoms with Crippen LogP contribution in [0.15, 0.2) is 16.5 Å². The molecule has 0 aromatic carbocycles. The van der Waals surface area contributed by atoms with Crippen LogP contribution >= 0.6 is 0 Å². The van der Waals surface area contributed by atoms with E-state index in [0.717, 1.165) is 25.0 Å². The second-order valence-electron chi connectivity index (χ2n) is 3.40. The highest BCUT2D eigenvalue weighted by atomic mass is 16.5.